The number of hydrogen-bond donors (Lipinski definition) is 0. The monoisotopic (exact) mass is 116 g/mol. The maximum Gasteiger partial charge on any atom is 0.0781 e. The van der Waals surface area contributed by atoms with E-state index in [1.54, 1.807) is 0 Å². The third-order valence-corrected chi connectivity index (χ3v) is 1.23. The number of rotatable bonds is 0. The normalized spacial score (nSPS) is 39.8. The molecule has 48 valence electrons. The third-order valence-electron chi connectivity index (χ3n) is 1.23. The van der Waals surface area contributed by atoms with E-state index < -0.39 is 0 Å². The van der Waals surface area contributed by atoms with Gasteiger partial charge in [-0.3, -0.25) is 0 Å². The van der Waals surface area contributed by atoms with Crippen LogP contribution in [-0.2, 0) is 9.47 Å². The predicted molar refractivity (Wildman–Crippen MR) is 30.8 cm³/mol. The molecule has 0 saturated carbocycles. The fourth-order valence-corrected chi connectivity index (χ4v) is 0.696. The molecule has 2 nitrogen and oxygen atoms in total. The molecule has 1 rings (SSSR count). The molecule has 1 saturated heterocycles. The molecule has 1 heterocycles. The summed E-state index contributed by atoms with van der Waals surface area (Å²) < 4.78 is 10.5. The van der Waals surface area contributed by atoms with Crippen molar-refractivity contribution < 1.29 is 9.47 Å². The molecule has 0 aromatic heterocycles. The van der Waals surface area contributed by atoms with Crippen LogP contribution < -0.4 is 0 Å². The van der Waals surface area contributed by atoms with Crippen molar-refractivity contribution in [2.24, 2.45) is 0 Å². The van der Waals surface area contributed by atoms with Crippen molar-refractivity contribution in [1.82, 2.24) is 0 Å². The quantitative estimate of drug-likeness (QED) is 0.466. The standard InChI is InChI=1S/C6H12O2/c1-5-3-8-6(2)4-7-5/h5-6H,3-4H2,1-2H3/t5-,6-/m0/s1. The summed E-state index contributed by atoms with van der Waals surface area (Å²) in [4.78, 5) is 0. The summed E-state index contributed by atoms with van der Waals surface area (Å²) in [6.07, 6.45) is 0.595. The minimum absolute atomic E-state index is 0.297. The maximum absolute atomic E-state index is 5.27. The van der Waals surface area contributed by atoms with E-state index in [1.807, 2.05) is 13.8 Å². The van der Waals surface area contributed by atoms with Crippen molar-refractivity contribution in [3.63, 3.8) is 0 Å². The lowest BCUT2D eigenvalue weighted by Crippen LogP contribution is -2.31. The summed E-state index contributed by atoms with van der Waals surface area (Å²) in [6, 6.07) is 0. The average Bonchev–Trinajstić information content (AvgIpc) is 1.77. The molecular formula is C6H12O2. The Bertz CT molecular complexity index is 54.9. The van der Waals surface area contributed by atoms with Gasteiger partial charge in [0.05, 0.1) is 25.4 Å². The first-order valence-corrected chi connectivity index (χ1v) is 3.02. The second kappa shape index (κ2) is 2.46. The van der Waals surface area contributed by atoms with E-state index in [2.05, 4.69) is 0 Å². The lowest BCUT2D eigenvalue weighted by molar-refractivity contribution is -0.119. The van der Waals surface area contributed by atoms with Crippen LogP contribution in [0.2, 0.25) is 0 Å². The van der Waals surface area contributed by atoms with E-state index in [4.69, 9.17) is 9.47 Å². The molecule has 0 amide bonds. The molecule has 0 spiro atoms. The Morgan fingerprint density at radius 1 is 1.00 bits per heavy atom. The zero-order valence-electron chi connectivity index (χ0n) is 5.39. The van der Waals surface area contributed by atoms with Gasteiger partial charge in [0, 0.05) is 0 Å². The molecule has 0 aromatic rings. The molecule has 0 aliphatic carbocycles. The van der Waals surface area contributed by atoms with Crippen LogP contribution in [0.3, 0.4) is 0 Å². The van der Waals surface area contributed by atoms with Gasteiger partial charge in [-0.2, -0.15) is 0 Å². The highest BCUT2D eigenvalue weighted by atomic mass is 16.6. The van der Waals surface area contributed by atoms with Gasteiger partial charge >= 0.3 is 0 Å². The zero-order valence-corrected chi connectivity index (χ0v) is 5.39. The van der Waals surface area contributed by atoms with Crippen LogP contribution in [0.4, 0.5) is 0 Å². The van der Waals surface area contributed by atoms with Gasteiger partial charge in [0.1, 0.15) is 0 Å². The van der Waals surface area contributed by atoms with Crippen LogP contribution in [-0.4, -0.2) is 25.4 Å². The lowest BCUT2D eigenvalue weighted by Gasteiger charge is -2.24. The van der Waals surface area contributed by atoms with E-state index in [-0.39, 0.29) is 0 Å². The van der Waals surface area contributed by atoms with Crippen molar-refractivity contribution in [2.45, 2.75) is 26.1 Å². The summed E-state index contributed by atoms with van der Waals surface area (Å²) in [6.45, 7) is 5.54. The van der Waals surface area contributed by atoms with Gasteiger partial charge in [-0.05, 0) is 13.8 Å². The molecule has 2 heteroatoms. The highest BCUT2D eigenvalue weighted by molar-refractivity contribution is 4.58. The third kappa shape index (κ3) is 1.46. The van der Waals surface area contributed by atoms with Crippen LogP contribution >= 0.6 is 0 Å². The largest absolute Gasteiger partial charge is 0.373 e. The smallest absolute Gasteiger partial charge is 0.0781 e. The molecule has 0 N–H and O–H groups in total. The van der Waals surface area contributed by atoms with Crippen molar-refractivity contribution >= 4 is 0 Å². The van der Waals surface area contributed by atoms with E-state index >= 15 is 0 Å². The first-order chi connectivity index (χ1) is 3.79. The maximum atomic E-state index is 5.27. The van der Waals surface area contributed by atoms with Gasteiger partial charge in [-0.25, -0.2) is 0 Å². The van der Waals surface area contributed by atoms with Crippen molar-refractivity contribution in [2.75, 3.05) is 13.2 Å². The predicted octanol–water partition coefficient (Wildman–Crippen LogP) is 0.810. The Morgan fingerprint density at radius 2 is 1.38 bits per heavy atom. The summed E-state index contributed by atoms with van der Waals surface area (Å²) >= 11 is 0. The van der Waals surface area contributed by atoms with Crippen LogP contribution in [0.5, 0.6) is 0 Å². The molecular weight excluding hydrogens is 104 g/mol. The lowest BCUT2D eigenvalue weighted by atomic mass is 10.3. The molecule has 2 atom stereocenters. The Kier molecular flexibility index (Phi) is 1.86. The minimum Gasteiger partial charge on any atom is -0.373 e. The highest BCUT2D eigenvalue weighted by Gasteiger charge is 2.13. The van der Waals surface area contributed by atoms with Gasteiger partial charge in [-0.1, -0.05) is 0 Å². The molecule has 8 heavy (non-hydrogen) atoms. The van der Waals surface area contributed by atoms with Gasteiger partial charge in [0.15, 0.2) is 0 Å². The Labute approximate surface area is 49.8 Å². The fourth-order valence-electron chi connectivity index (χ4n) is 0.696. The van der Waals surface area contributed by atoms with Gasteiger partial charge in [0.25, 0.3) is 0 Å². The Balaban J connectivity index is 2.19. The van der Waals surface area contributed by atoms with Crippen molar-refractivity contribution in [3.8, 4) is 0 Å². The second-order valence-corrected chi connectivity index (χ2v) is 2.29. The molecule has 1 aliphatic rings. The summed E-state index contributed by atoms with van der Waals surface area (Å²) in [7, 11) is 0. The SMILES string of the molecule is C[C@H]1CO[C@@H](C)CO1. The van der Waals surface area contributed by atoms with E-state index in [0.29, 0.717) is 12.2 Å². The average molecular weight is 116 g/mol. The second-order valence-electron chi connectivity index (χ2n) is 2.29. The van der Waals surface area contributed by atoms with E-state index in [1.165, 1.54) is 0 Å². The van der Waals surface area contributed by atoms with Gasteiger partial charge in [0.2, 0.25) is 0 Å². The van der Waals surface area contributed by atoms with E-state index in [0.717, 1.165) is 13.2 Å². The van der Waals surface area contributed by atoms with Crippen LogP contribution in [0.1, 0.15) is 13.8 Å². The number of hydrogen-bond acceptors (Lipinski definition) is 2. The van der Waals surface area contributed by atoms with Crippen molar-refractivity contribution in [1.29, 1.82) is 0 Å². The molecule has 0 bridgehead atoms. The zero-order chi connectivity index (χ0) is 5.98. The van der Waals surface area contributed by atoms with Crippen LogP contribution in [0, 0.1) is 0 Å². The summed E-state index contributed by atoms with van der Waals surface area (Å²) in [5, 5.41) is 0. The molecule has 0 unspecified atom stereocenters. The first-order valence-electron chi connectivity index (χ1n) is 3.02. The summed E-state index contributed by atoms with van der Waals surface area (Å²) in [5.41, 5.74) is 0. The Hall–Kier alpha value is -0.0800. The Morgan fingerprint density at radius 3 is 1.62 bits per heavy atom. The molecule has 0 radical (unpaired) electrons. The van der Waals surface area contributed by atoms with Gasteiger partial charge < -0.3 is 9.47 Å². The summed E-state index contributed by atoms with van der Waals surface area (Å²) in [5.74, 6) is 0. The highest BCUT2D eigenvalue weighted by Crippen LogP contribution is 2.04. The van der Waals surface area contributed by atoms with Crippen LogP contribution in [0.25, 0.3) is 0 Å². The van der Waals surface area contributed by atoms with Gasteiger partial charge in [-0.15, -0.1) is 0 Å². The van der Waals surface area contributed by atoms with E-state index in [9.17, 15) is 0 Å². The minimum atomic E-state index is 0.297. The topological polar surface area (TPSA) is 18.5 Å². The molecule has 1 aliphatic heterocycles. The van der Waals surface area contributed by atoms with Crippen LogP contribution in [0.15, 0.2) is 0 Å². The molecule has 1 fully saturated rings. The first kappa shape index (κ1) is 6.05. The van der Waals surface area contributed by atoms with Crippen molar-refractivity contribution in [3.05, 3.63) is 0 Å². The molecule has 0 aromatic carbocycles. The number of ether oxygens (including phenoxy) is 2. The fraction of sp³-hybridized carbons (Fsp3) is 1.00.